The molecule has 0 fully saturated rings. The van der Waals surface area contributed by atoms with Crippen LogP contribution < -0.4 is 10.6 Å². The number of hydrogen-bond acceptors (Lipinski definition) is 2. The SMILES string of the molecule is CC(C)CNCC1CNc2cc(F)ccc2C1. The van der Waals surface area contributed by atoms with Crippen LogP contribution in [0.4, 0.5) is 10.1 Å². The summed E-state index contributed by atoms with van der Waals surface area (Å²) in [6.07, 6.45) is 1.04. The van der Waals surface area contributed by atoms with Gasteiger partial charge in [0, 0.05) is 12.2 Å². The zero-order chi connectivity index (χ0) is 12.3. The van der Waals surface area contributed by atoms with Gasteiger partial charge in [-0.3, -0.25) is 0 Å². The van der Waals surface area contributed by atoms with Crippen molar-refractivity contribution in [1.29, 1.82) is 0 Å². The van der Waals surface area contributed by atoms with Crippen molar-refractivity contribution >= 4 is 5.69 Å². The maximum absolute atomic E-state index is 13.0. The molecule has 0 saturated heterocycles. The lowest BCUT2D eigenvalue weighted by Gasteiger charge is -2.26. The molecule has 1 aromatic rings. The van der Waals surface area contributed by atoms with E-state index in [0.717, 1.165) is 31.7 Å². The summed E-state index contributed by atoms with van der Waals surface area (Å²) in [6, 6.07) is 5.03. The van der Waals surface area contributed by atoms with Crippen molar-refractivity contribution in [2.75, 3.05) is 25.0 Å². The van der Waals surface area contributed by atoms with E-state index in [4.69, 9.17) is 0 Å². The summed E-state index contributed by atoms with van der Waals surface area (Å²) in [5, 5.41) is 6.79. The Balaban J connectivity index is 1.88. The van der Waals surface area contributed by atoms with Gasteiger partial charge in [-0.25, -0.2) is 4.39 Å². The normalized spacial score (nSPS) is 18.9. The van der Waals surface area contributed by atoms with E-state index < -0.39 is 0 Å². The Morgan fingerprint density at radius 3 is 3.06 bits per heavy atom. The van der Waals surface area contributed by atoms with Crippen molar-refractivity contribution in [2.24, 2.45) is 11.8 Å². The molecule has 0 aromatic heterocycles. The van der Waals surface area contributed by atoms with Crippen molar-refractivity contribution in [3.8, 4) is 0 Å². The minimum absolute atomic E-state index is 0.160. The molecule has 1 aliphatic heterocycles. The summed E-state index contributed by atoms with van der Waals surface area (Å²) in [6.45, 7) is 7.45. The molecule has 0 spiro atoms. The Kier molecular flexibility index (Phi) is 4.00. The van der Waals surface area contributed by atoms with E-state index >= 15 is 0 Å². The number of nitrogens with one attached hydrogen (secondary N) is 2. The van der Waals surface area contributed by atoms with Gasteiger partial charge in [0.1, 0.15) is 5.82 Å². The molecule has 17 heavy (non-hydrogen) atoms. The van der Waals surface area contributed by atoms with E-state index in [9.17, 15) is 4.39 Å². The minimum atomic E-state index is -0.160. The van der Waals surface area contributed by atoms with E-state index in [1.165, 1.54) is 5.56 Å². The molecule has 2 N–H and O–H groups in total. The lowest BCUT2D eigenvalue weighted by molar-refractivity contribution is 0.455. The molecule has 1 heterocycles. The summed E-state index contributed by atoms with van der Waals surface area (Å²) in [5.41, 5.74) is 2.19. The molecular weight excluding hydrogens is 215 g/mol. The van der Waals surface area contributed by atoms with Crippen LogP contribution in [-0.4, -0.2) is 19.6 Å². The summed E-state index contributed by atoms with van der Waals surface area (Å²) in [7, 11) is 0. The van der Waals surface area contributed by atoms with Gasteiger partial charge in [-0.1, -0.05) is 19.9 Å². The molecular formula is C14H21FN2. The highest BCUT2D eigenvalue weighted by molar-refractivity contribution is 5.53. The van der Waals surface area contributed by atoms with E-state index in [-0.39, 0.29) is 5.82 Å². The molecule has 0 aliphatic carbocycles. The van der Waals surface area contributed by atoms with Crippen LogP contribution >= 0.6 is 0 Å². The van der Waals surface area contributed by atoms with Crippen molar-refractivity contribution in [2.45, 2.75) is 20.3 Å². The van der Waals surface area contributed by atoms with Crippen molar-refractivity contribution in [3.63, 3.8) is 0 Å². The predicted octanol–water partition coefficient (Wildman–Crippen LogP) is 2.66. The smallest absolute Gasteiger partial charge is 0.125 e. The van der Waals surface area contributed by atoms with Crippen molar-refractivity contribution < 1.29 is 4.39 Å². The van der Waals surface area contributed by atoms with Crippen LogP contribution in [-0.2, 0) is 6.42 Å². The van der Waals surface area contributed by atoms with Crippen LogP contribution in [0.15, 0.2) is 18.2 Å². The zero-order valence-corrected chi connectivity index (χ0v) is 10.6. The molecule has 0 bridgehead atoms. The maximum atomic E-state index is 13.0. The highest BCUT2D eigenvalue weighted by Crippen LogP contribution is 2.25. The second kappa shape index (κ2) is 5.50. The Labute approximate surface area is 103 Å². The fourth-order valence-corrected chi connectivity index (χ4v) is 2.25. The number of fused-ring (bicyclic) bond motifs is 1. The van der Waals surface area contributed by atoms with E-state index in [2.05, 4.69) is 24.5 Å². The van der Waals surface area contributed by atoms with Crippen LogP contribution in [0.5, 0.6) is 0 Å². The third kappa shape index (κ3) is 3.43. The van der Waals surface area contributed by atoms with Crippen LogP contribution in [0, 0.1) is 17.7 Å². The predicted molar refractivity (Wildman–Crippen MR) is 69.8 cm³/mol. The topological polar surface area (TPSA) is 24.1 Å². The molecule has 2 nitrogen and oxygen atoms in total. The second-order valence-corrected chi connectivity index (χ2v) is 5.30. The van der Waals surface area contributed by atoms with Crippen LogP contribution in [0.25, 0.3) is 0 Å². The zero-order valence-electron chi connectivity index (χ0n) is 10.6. The van der Waals surface area contributed by atoms with Gasteiger partial charge in [0.15, 0.2) is 0 Å². The van der Waals surface area contributed by atoms with E-state index in [1.807, 2.05) is 6.07 Å². The average molecular weight is 236 g/mol. The molecule has 1 unspecified atom stereocenters. The monoisotopic (exact) mass is 236 g/mol. The Bertz CT molecular complexity index is 376. The summed E-state index contributed by atoms with van der Waals surface area (Å²) in [5.74, 6) is 1.13. The Morgan fingerprint density at radius 2 is 2.29 bits per heavy atom. The first-order valence-corrected chi connectivity index (χ1v) is 6.38. The van der Waals surface area contributed by atoms with Gasteiger partial charge >= 0.3 is 0 Å². The van der Waals surface area contributed by atoms with Crippen LogP contribution in [0.3, 0.4) is 0 Å². The molecule has 1 atom stereocenters. The lowest BCUT2D eigenvalue weighted by atomic mass is 9.94. The number of anilines is 1. The van der Waals surface area contributed by atoms with E-state index in [0.29, 0.717) is 11.8 Å². The van der Waals surface area contributed by atoms with E-state index in [1.54, 1.807) is 12.1 Å². The highest BCUT2D eigenvalue weighted by atomic mass is 19.1. The van der Waals surface area contributed by atoms with Crippen molar-refractivity contribution in [3.05, 3.63) is 29.6 Å². The molecule has 1 aliphatic rings. The van der Waals surface area contributed by atoms with Gasteiger partial charge in [0.25, 0.3) is 0 Å². The van der Waals surface area contributed by atoms with Gasteiger partial charge in [0.2, 0.25) is 0 Å². The summed E-state index contributed by atoms with van der Waals surface area (Å²) >= 11 is 0. The summed E-state index contributed by atoms with van der Waals surface area (Å²) in [4.78, 5) is 0. The number of rotatable bonds is 4. The maximum Gasteiger partial charge on any atom is 0.125 e. The average Bonchev–Trinajstić information content (AvgIpc) is 2.29. The molecule has 0 saturated carbocycles. The minimum Gasteiger partial charge on any atom is -0.384 e. The number of hydrogen-bond donors (Lipinski definition) is 2. The first-order chi connectivity index (χ1) is 8.15. The standard InChI is InChI=1S/C14H21FN2/c1-10(2)7-16-8-11-5-12-3-4-13(15)6-14(12)17-9-11/h3-4,6,10-11,16-17H,5,7-9H2,1-2H3. The van der Waals surface area contributed by atoms with Gasteiger partial charge in [-0.2, -0.15) is 0 Å². The number of benzene rings is 1. The first-order valence-electron chi connectivity index (χ1n) is 6.38. The molecule has 2 rings (SSSR count). The molecule has 94 valence electrons. The highest BCUT2D eigenvalue weighted by Gasteiger charge is 2.18. The second-order valence-electron chi connectivity index (χ2n) is 5.30. The van der Waals surface area contributed by atoms with Crippen molar-refractivity contribution in [1.82, 2.24) is 5.32 Å². The van der Waals surface area contributed by atoms with Gasteiger partial charge in [-0.15, -0.1) is 0 Å². The molecule has 3 heteroatoms. The first kappa shape index (κ1) is 12.4. The van der Waals surface area contributed by atoms with Crippen LogP contribution in [0.2, 0.25) is 0 Å². The Morgan fingerprint density at radius 1 is 1.47 bits per heavy atom. The molecule has 0 amide bonds. The summed E-state index contributed by atoms with van der Waals surface area (Å²) < 4.78 is 13.0. The quantitative estimate of drug-likeness (QED) is 0.840. The third-order valence-electron chi connectivity index (χ3n) is 3.15. The molecule has 0 radical (unpaired) electrons. The fraction of sp³-hybridized carbons (Fsp3) is 0.571. The molecule has 1 aromatic carbocycles. The largest absolute Gasteiger partial charge is 0.384 e. The third-order valence-corrected chi connectivity index (χ3v) is 3.15. The lowest BCUT2D eigenvalue weighted by Crippen LogP contribution is -2.34. The number of halogens is 1. The van der Waals surface area contributed by atoms with Gasteiger partial charge in [-0.05, 0) is 49.0 Å². The fourth-order valence-electron chi connectivity index (χ4n) is 2.25. The Hall–Kier alpha value is -1.09. The van der Waals surface area contributed by atoms with Gasteiger partial charge in [0.05, 0.1) is 0 Å². The van der Waals surface area contributed by atoms with Crippen LogP contribution in [0.1, 0.15) is 19.4 Å². The van der Waals surface area contributed by atoms with Gasteiger partial charge < -0.3 is 10.6 Å².